The molecule has 1 rings (SSSR count). The zero-order chi connectivity index (χ0) is 15.3. The van der Waals surface area contributed by atoms with E-state index >= 15 is 0 Å². The number of hydrogen-bond donors (Lipinski definition) is 2. The highest BCUT2D eigenvalue weighted by molar-refractivity contribution is 5.96. The molecule has 0 aliphatic rings. The number of nitrogens with one attached hydrogen (secondary N) is 1. The number of benzene rings is 1. The van der Waals surface area contributed by atoms with Gasteiger partial charge in [0, 0.05) is 0 Å². The lowest BCUT2D eigenvalue weighted by atomic mass is 10.1. The molecular formula is C13H14F3NO3. The fourth-order valence-corrected chi connectivity index (χ4v) is 1.60. The van der Waals surface area contributed by atoms with E-state index in [4.69, 9.17) is 5.11 Å². The van der Waals surface area contributed by atoms with E-state index in [-0.39, 0.29) is 6.42 Å². The zero-order valence-corrected chi connectivity index (χ0v) is 10.8. The third kappa shape index (κ3) is 3.72. The molecule has 110 valence electrons. The van der Waals surface area contributed by atoms with Crippen molar-refractivity contribution in [1.29, 1.82) is 0 Å². The highest BCUT2D eigenvalue weighted by Gasteiger charge is 2.24. The minimum absolute atomic E-state index is 0.170. The summed E-state index contributed by atoms with van der Waals surface area (Å²) < 4.78 is 39.1. The Morgan fingerprint density at radius 3 is 2.45 bits per heavy atom. The minimum Gasteiger partial charge on any atom is -0.480 e. The first kappa shape index (κ1) is 16.0. The predicted molar refractivity (Wildman–Crippen MR) is 64.7 cm³/mol. The van der Waals surface area contributed by atoms with Gasteiger partial charge in [0.15, 0.2) is 17.5 Å². The van der Waals surface area contributed by atoms with Crippen molar-refractivity contribution in [2.45, 2.75) is 32.2 Å². The Morgan fingerprint density at radius 2 is 1.90 bits per heavy atom. The van der Waals surface area contributed by atoms with Crippen LogP contribution in [0, 0.1) is 17.5 Å². The molecule has 1 aromatic carbocycles. The molecule has 1 aromatic rings. The molecule has 0 spiro atoms. The van der Waals surface area contributed by atoms with Crippen molar-refractivity contribution in [3.63, 3.8) is 0 Å². The van der Waals surface area contributed by atoms with Crippen LogP contribution in [0.1, 0.15) is 36.5 Å². The predicted octanol–water partition coefficient (Wildman–Crippen LogP) is 2.48. The summed E-state index contributed by atoms with van der Waals surface area (Å²) in [5.74, 6) is -7.18. The average molecular weight is 289 g/mol. The van der Waals surface area contributed by atoms with Crippen molar-refractivity contribution in [1.82, 2.24) is 5.32 Å². The topological polar surface area (TPSA) is 66.4 Å². The van der Waals surface area contributed by atoms with Gasteiger partial charge in [-0.05, 0) is 18.6 Å². The van der Waals surface area contributed by atoms with Crippen molar-refractivity contribution < 1.29 is 27.9 Å². The SMILES string of the molecule is CCCC[C@H](NC(=O)c1ccc(F)c(F)c1F)C(=O)O. The Hall–Kier alpha value is -2.05. The maximum atomic E-state index is 13.4. The molecule has 0 radical (unpaired) electrons. The van der Waals surface area contributed by atoms with Crippen LogP contribution in [0.2, 0.25) is 0 Å². The lowest BCUT2D eigenvalue weighted by molar-refractivity contribution is -0.139. The largest absolute Gasteiger partial charge is 0.480 e. The monoisotopic (exact) mass is 289 g/mol. The number of amides is 1. The normalized spacial score (nSPS) is 12.0. The average Bonchev–Trinajstić information content (AvgIpc) is 2.40. The summed E-state index contributed by atoms with van der Waals surface area (Å²) in [5, 5.41) is 11.0. The van der Waals surface area contributed by atoms with Crippen LogP contribution in [0.15, 0.2) is 12.1 Å². The Labute approximate surface area is 113 Å². The summed E-state index contributed by atoms with van der Waals surface area (Å²) >= 11 is 0. The van der Waals surface area contributed by atoms with Crippen molar-refractivity contribution in [3.8, 4) is 0 Å². The first-order valence-electron chi connectivity index (χ1n) is 6.05. The van der Waals surface area contributed by atoms with Gasteiger partial charge in [0.25, 0.3) is 5.91 Å². The van der Waals surface area contributed by atoms with Gasteiger partial charge in [-0.2, -0.15) is 0 Å². The maximum absolute atomic E-state index is 13.4. The molecule has 1 amide bonds. The van der Waals surface area contributed by atoms with Crippen LogP contribution >= 0.6 is 0 Å². The van der Waals surface area contributed by atoms with Gasteiger partial charge in [0.2, 0.25) is 0 Å². The second-order valence-corrected chi connectivity index (χ2v) is 4.23. The smallest absolute Gasteiger partial charge is 0.326 e. The molecule has 0 fully saturated rings. The molecule has 0 unspecified atom stereocenters. The van der Waals surface area contributed by atoms with Gasteiger partial charge in [0.1, 0.15) is 6.04 Å². The fourth-order valence-electron chi connectivity index (χ4n) is 1.60. The lowest BCUT2D eigenvalue weighted by Gasteiger charge is -2.14. The summed E-state index contributed by atoms with van der Waals surface area (Å²) in [5.41, 5.74) is -0.730. The standard InChI is InChI=1S/C13H14F3NO3/c1-2-3-4-9(13(19)20)17-12(18)7-5-6-8(14)11(16)10(7)15/h5-6,9H,2-4H2,1H3,(H,17,18)(H,19,20)/t9-/m0/s1. The highest BCUT2D eigenvalue weighted by atomic mass is 19.2. The van der Waals surface area contributed by atoms with Gasteiger partial charge < -0.3 is 10.4 Å². The lowest BCUT2D eigenvalue weighted by Crippen LogP contribution is -2.41. The van der Waals surface area contributed by atoms with Gasteiger partial charge >= 0.3 is 5.97 Å². The Bertz CT molecular complexity index is 520. The van der Waals surface area contributed by atoms with E-state index < -0.39 is 40.9 Å². The van der Waals surface area contributed by atoms with E-state index in [0.29, 0.717) is 12.5 Å². The van der Waals surface area contributed by atoms with Gasteiger partial charge in [-0.1, -0.05) is 19.8 Å². The van der Waals surface area contributed by atoms with E-state index in [1.54, 1.807) is 0 Å². The Kier molecular flexibility index (Phi) is 5.54. The number of aliphatic carboxylic acids is 1. The minimum atomic E-state index is -1.77. The second kappa shape index (κ2) is 6.93. The van der Waals surface area contributed by atoms with Crippen molar-refractivity contribution in [2.75, 3.05) is 0 Å². The third-order valence-corrected chi connectivity index (χ3v) is 2.73. The molecule has 4 nitrogen and oxygen atoms in total. The number of rotatable bonds is 6. The van der Waals surface area contributed by atoms with E-state index in [2.05, 4.69) is 5.32 Å². The van der Waals surface area contributed by atoms with Crippen LogP contribution < -0.4 is 5.32 Å². The summed E-state index contributed by atoms with van der Waals surface area (Å²) in [4.78, 5) is 22.6. The number of unbranched alkanes of at least 4 members (excludes halogenated alkanes) is 1. The van der Waals surface area contributed by atoms with Gasteiger partial charge in [-0.3, -0.25) is 4.79 Å². The van der Waals surface area contributed by atoms with Crippen LogP contribution in [0.25, 0.3) is 0 Å². The van der Waals surface area contributed by atoms with Crippen LogP contribution in [-0.4, -0.2) is 23.0 Å². The number of carbonyl (C=O) groups is 2. The number of carboxylic acid groups (broad SMARTS) is 1. The van der Waals surface area contributed by atoms with Crippen LogP contribution in [0.5, 0.6) is 0 Å². The maximum Gasteiger partial charge on any atom is 0.326 e. The Morgan fingerprint density at radius 1 is 1.25 bits per heavy atom. The quantitative estimate of drug-likeness (QED) is 0.791. The zero-order valence-electron chi connectivity index (χ0n) is 10.8. The van der Waals surface area contributed by atoms with E-state index in [1.165, 1.54) is 0 Å². The summed E-state index contributed by atoms with van der Waals surface area (Å²) in [6, 6.07) is 0.173. The van der Waals surface area contributed by atoms with Gasteiger partial charge in [0.05, 0.1) is 5.56 Å². The molecule has 0 heterocycles. The molecule has 0 aliphatic heterocycles. The summed E-state index contributed by atoms with van der Waals surface area (Å²) in [7, 11) is 0. The van der Waals surface area contributed by atoms with E-state index in [9.17, 15) is 22.8 Å². The third-order valence-electron chi connectivity index (χ3n) is 2.73. The number of hydrogen-bond acceptors (Lipinski definition) is 2. The van der Waals surface area contributed by atoms with Gasteiger partial charge in [-0.15, -0.1) is 0 Å². The highest BCUT2D eigenvalue weighted by Crippen LogP contribution is 2.15. The number of carboxylic acids is 1. The molecule has 0 bridgehead atoms. The van der Waals surface area contributed by atoms with Crippen LogP contribution in [0.3, 0.4) is 0 Å². The molecule has 0 saturated carbocycles. The van der Waals surface area contributed by atoms with Crippen LogP contribution in [-0.2, 0) is 4.79 Å². The number of halogens is 3. The first-order chi connectivity index (χ1) is 9.38. The molecule has 20 heavy (non-hydrogen) atoms. The van der Waals surface area contributed by atoms with Crippen molar-refractivity contribution in [3.05, 3.63) is 35.1 Å². The summed E-state index contributed by atoms with van der Waals surface area (Å²) in [6.45, 7) is 1.84. The first-order valence-corrected chi connectivity index (χ1v) is 6.05. The van der Waals surface area contributed by atoms with Crippen molar-refractivity contribution in [2.24, 2.45) is 0 Å². The summed E-state index contributed by atoms with van der Waals surface area (Å²) in [6.07, 6.45) is 1.44. The molecule has 7 heteroatoms. The molecular weight excluding hydrogens is 275 g/mol. The molecule has 0 aliphatic carbocycles. The van der Waals surface area contributed by atoms with Crippen molar-refractivity contribution >= 4 is 11.9 Å². The molecule has 0 saturated heterocycles. The molecule has 2 N–H and O–H groups in total. The van der Waals surface area contributed by atoms with Crippen LogP contribution in [0.4, 0.5) is 13.2 Å². The molecule has 1 atom stereocenters. The fraction of sp³-hybridized carbons (Fsp3) is 0.385. The Balaban J connectivity index is 2.89. The van der Waals surface area contributed by atoms with E-state index in [0.717, 1.165) is 12.5 Å². The van der Waals surface area contributed by atoms with E-state index in [1.807, 2.05) is 6.92 Å². The number of carbonyl (C=O) groups excluding carboxylic acids is 1. The second-order valence-electron chi connectivity index (χ2n) is 4.23. The molecule has 0 aromatic heterocycles. The van der Waals surface area contributed by atoms with Gasteiger partial charge in [-0.25, -0.2) is 18.0 Å².